The molecule has 0 aromatic heterocycles. The number of nitrogens with zero attached hydrogens (tertiary/aromatic N) is 3. The molecule has 0 amide bonds. The lowest BCUT2D eigenvalue weighted by Gasteiger charge is -2.40. The largest absolute Gasteiger partial charge is 0.497 e. The van der Waals surface area contributed by atoms with Crippen LogP contribution >= 0.6 is 0 Å². The molecule has 0 N–H and O–H groups in total. The SMILES string of the molecule is COc1ccc(S(=O)(=O)N2CCN(C3=Nc4ccccc4Oc4ccc(C)cc43)C[C@@H]2C)cc1. The van der Waals surface area contributed by atoms with Crippen LogP contribution in [0.5, 0.6) is 17.2 Å². The Hall–Kier alpha value is -3.36. The first kappa shape index (κ1) is 22.4. The summed E-state index contributed by atoms with van der Waals surface area (Å²) in [6.45, 7) is 5.38. The maximum absolute atomic E-state index is 13.4. The third-order valence-electron chi connectivity index (χ3n) is 6.22. The highest BCUT2D eigenvalue weighted by Crippen LogP contribution is 2.38. The van der Waals surface area contributed by atoms with Crippen molar-refractivity contribution in [3.8, 4) is 17.2 Å². The summed E-state index contributed by atoms with van der Waals surface area (Å²) in [6, 6.07) is 20.1. The lowest BCUT2D eigenvalue weighted by atomic mass is 10.1. The summed E-state index contributed by atoms with van der Waals surface area (Å²) in [6.07, 6.45) is 0. The van der Waals surface area contributed by atoms with Gasteiger partial charge in [-0.1, -0.05) is 23.8 Å². The number of fused-ring (bicyclic) bond motifs is 2. The van der Waals surface area contributed by atoms with Gasteiger partial charge in [0.1, 0.15) is 23.0 Å². The fourth-order valence-electron chi connectivity index (χ4n) is 4.45. The number of ether oxygens (including phenoxy) is 2. The van der Waals surface area contributed by atoms with Gasteiger partial charge in [0.2, 0.25) is 10.0 Å². The number of hydrogen-bond acceptors (Lipinski definition) is 6. The number of amidine groups is 1. The van der Waals surface area contributed by atoms with Gasteiger partial charge in [0.25, 0.3) is 0 Å². The van der Waals surface area contributed by atoms with Crippen molar-refractivity contribution in [1.82, 2.24) is 9.21 Å². The Bertz CT molecular complexity index is 1350. The maximum atomic E-state index is 13.4. The van der Waals surface area contributed by atoms with E-state index in [0.717, 1.165) is 28.4 Å². The summed E-state index contributed by atoms with van der Waals surface area (Å²) < 4.78 is 39.7. The Morgan fingerprint density at radius 2 is 1.76 bits per heavy atom. The van der Waals surface area contributed by atoms with Gasteiger partial charge in [-0.15, -0.1) is 0 Å². The second kappa shape index (κ2) is 8.77. The van der Waals surface area contributed by atoms with Gasteiger partial charge in [0.15, 0.2) is 5.75 Å². The van der Waals surface area contributed by atoms with Crippen molar-refractivity contribution in [3.05, 3.63) is 77.9 Å². The zero-order chi connectivity index (χ0) is 23.9. The third-order valence-corrected chi connectivity index (χ3v) is 8.25. The first-order valence-corrected chi connectivity index (χ1v) is 12.7. The van der Waals surface area contributed by atoms with Gasteiger partial charge >= 0.3 is 0 Å². The van der Waals surface area contributed by atoms with E-state index >= 15 is 0 Å². The number of aliphatic imine (C=N–C) groups is 1. The molecule has 34 heavy (non-hydrogen) atoms. The number of para-hydroxylation sites is 2. The van der Waals surface area contributed by atoms with E-state index < -0.39 is 10.0 Å². The Morgan fingerprint density at radius 3 is 2.50 bits per heavy atom. The average molecular weight is 478 g/mol. The molecule has 0 unspecified atom stereocenters. The molecular formula is C26H27N3O4S. The average Bonchev–Trinajstić information content (AvgIpc) is 3.00. The molecule has 176 valence electrons. The number of aryl methyl sites for hydroxylation is 1. The fourth-order valence-corrected chi connectivity index (χ4v) is 6.06. The van der Waals surface area contributed by atoms with Crippen molar-refractivity contribution in [2.45, 2.75) is 24.8 Å². The van der Waals surface area contributed by atoms with Gasteiger partial charge in [-0.3, -0.25) is 0 Å². The summed E-state index contributed by atoms with van der Waals surface area (Å²) in [4.78, 5) is 7.41. The van der Waals surface area contributed by atoms with Crippen LogP contribution in [0.3, 0.4) is 0 Å². The van der Waals surface area contributed by atoms with E-state index in [1.807, 2.05) is 50.2 Å². The molecule has 1 saturated heterocycles. The number of piperazine rings is 1. The van der Waals surface area contributed by atoms with E-state index in [0.29, 0.717) is 31.1 Å². The van der Waals surface area contributed by atoms with E-state index in [1.165, 1.54) is 0 Å². The van der Waals surface area contributed by atoms with Crippen LogP contribution in [0, 0.1) is 6.92 Å². The standard InChI is InChI=1S/C26H27N3O4S/c1-18-8-13-24-22(16-18)26(27-23-6-4-5-7-25(23)33-24)28-14-15-29(19(2)17-28)34(30,31)21-11-9-20(32-3)10-12-21/h4-13,16,19H,14-15,17H2,1-3H3/t19-/m0/s1. The van der Waals surface area contributed by atoms with Gasteiger partial charge in [-0.05, 0) is 62.4 Å². The highest BCUT2D eigenvalue weighted by atomic mass is 32.2. The quantitative estimate of drug-likeness (QED) is 0.552. The topological polar surface area (TPSA) is 71.4 Å². The second-order valence-corrected chi connectivity index (χ2v) is 10.5. The van der Waals surface area contributed by atoms with Gasteiger partial charge in [0, 0.05) is 25.7 Å². The molecule has 0 bridgehead atoms. The molecule has 1 atom stereocenters. The number of hydrogen-bond donors (Lipinski definition) is 0. The smallest absolute Gasteiger partial charge is 0.243 e. The molecule has 3 aromatic rings. The Balaban J connectivity index is 1.46. The van der Waals surface area contributed by atoms with Gasteiger partial charge in [-0.25, -0.2) is 13.4 Å². The van der Waals surface area contributed by atoms with Crippen molar-refractivity contribution in [2.75, 3.05) is 26.7 Å². The molecule has 0 saturated carbocycles. The first-order valence-electron chi connectivity index (χ1n) is 11.2. The Labute approximate surface area is 200 Å². The van der Waals surface area contributed by atoms with Crippen LogP contribution in [0.25, 0.3) is 0 Å². The Morgan fingerprint density at radius 1 is 1.00 bits per heavy atom. The van der Waals surface area contributed by atoms with Gasteiger partial charge < -0.3 is 14.4 Å². The number of sulfonamides is 1. The van der Waals surface area contributed by atoms with Crippen LogP contribution in [0.1, 0.15) is 18.1 Å². The van der Waals surface area contributed by atoms with Crippen LogP contribution in [-0.2, 0) is 10.0 Å². The monoisotopic (exact) mass is 477 g/mol. The summed E-state index contributed by atoms with van der Waals surface area (Å²) in [5, 5.41) is 0. The summed E-state index contributed by atoms with van der Waals surface area (Å²) in [7, 11) is -2.07. The van der Waals surface area contributed by atoms with Gasteiger partial charge in [-0.2, -0.15) is 4.31 Å². The van der Waals surface area contributed by atoms with Crippen LogP contribution in [0.15, 0.2) is 76.6 Å². The molecular weight excluding hydrogens is 450 g/mol. The maximum Gasteiger partial charge on any atom is 0.243 e. The summed E-state index contributed by atoms with van der Waals surface area (Å²) in [5.41, 5.74) is 2.77. The van der Waals surface area contributed by atoms with Crippen LogP contribution < -0.4 is 9.47 Å². The normalized spacial score (nSPS) is 18.3. The lowest BCUT2D eigenvalue weighted by Crippen LogP contribution is -2.55. The third kappa shape index (κ3) is 4.03. The predicted octanol–water partition coefficient (Wildman–Crippen LogP) is 4.58. The van der Waals surface area contributed by atoms with Gasteiger partial charge in [0.05, 0.1) is 17.6 Å². The lowest BCUT2D eigenvalue weighted by molar-refractivity contribution is 0.205. The van der Waals surface area contributed by atoms with E-state index in [4.69, 9.17) is 14.5 Å². The van der Waals surface area contributed by atoms with Crippen molar-refractivity contribution in [1.29, 1.82) is 0 Å². The fraction of sp³-hybridized carbons (Fsp3) is 0.269. The minimum absolute atomic E-state index is 0.240. The van der Waals surface area contributed by atoms with Crippen LogP contribution in [-0.4, -0.2) is 56.2 Å². The highest BCUT2D eigenvalue weighted by molar-refractivity contribution is 7.89. The number of rotatable bonds is 3. The number of methoxy groups -OCH3 is 1. The molecule has 2 aliphatic rings. The van der Waals surface area contributed by atoms with E-state index in [-0.39, 0.29) is 10.9 Å². The van der Waals surface area contributed by atoms with Crippen molar-refractivity contribution < 1.29 is 17.9 Å². The molecule has 8 heteroatoms. The van der Waals surface area contributed by atoms with Crippen molar-refractivity contribution in [3.63, 3.8) is 0 Å². The van der Waals surface area contributed by atoms with E-state index in [2.05, 4.69) is 11.0 Å². The van der Waals surface area contributed by atoms with Crippen LogP contribution in [0.2, 0.25) is 0 Å². The zero-order valence-corrected chi connectivity index (χ0v) is 20.2. The molecule has 2 heterocycles. The molecule has 2 aliphatic heterocycles. The molecule has 7 nitrogen and oxygen atoms in total. The van der Waals surface area contributed by atoms with Crippen LogP contribution in [0.4, 0.5) is 5.69 Å². The van der Waals surface area contributed by atoms with E-state index in [9.17, 15) is 8.42 Å². The first-order chi connectivity index (χ1) is 16.4. The molecule has 1 fully saturated rings. The minimum Gasteiger partial charge on any atom is -0.497 e. The molecule has 0 spiro atoms. The minimum atomic E-state index is -3.63. The highest BCUT2D eigenvalue weighted by Gasteiger charge is 2.36. The Kier molecular flexibility index (Phi) is 5.79. The summed E-state index contributed by atoms with van der Waals surface area (Å²) in [5.74, 6) is 2.88. The van der Waals surface area contributed by atoms with Crippen molar-refractivity contribution in [2.24, 2.45) is 4.99 Å². The van der Waals surface area contributed by atoms with Crippen molar-refractivity contribution >= 4 is 21.5 Å². The summed E-state index contributed by atoms with van der Waals surface area (Å²) >= 11 is 0. The molecule has 0 radical (unpaired) electrons. The molecule has 5 rings (SSSR count). The second-order valence-electron chi connectivity index (χ2n) is 8.59. The molecule has 0 aliphatic carbocycles. The van der Waals surface area contributed by atoms with E-state index in [1.54, 1.807) is 35.7 Å². The molecule has 3 aromatic carbocycles. The predicted molar refractivity (Wildman–Crippen MR) is 132 cm³/mol. The number of benzene rings is 3. The zero-order valence-electron chi connectivity index (χ0n) is 19.4.